The number of hydrogen-bond donors (Lipinski definition) is 1. The number of benzene rings is 1. The van der Waals surface area contributed by atoms with Crippen LogP contribution in [0.3, 0.4) is 0 Å². The average molecular weight is 380 g/mol. The summed E-state index contributed by atoms with van der Waals surface area (Å²) in [7, 11) is 0. The molecule has 0 fully saturated rings. The van der Waals surface area contributed by atoms with E-state index >= 15 is 0 Å². The van der Waals surface area contributed by atoms with Crippen LogP contribution in [-0.2, 0) is 0 Å². The van der Waals surface area contributed by atoms with Crippen molar-refractivity contribution in [1.82, 2.24) is 4.98 Å². The molecule has 2 aromatic rings. The fraction of sp³-hybridized carbons (Fsp3) is 0. The first-order chi connectivity index (χ1) is 8.97. The summed E-state index contributed by atoms with van der Waals surface area (Å²) >= 11 is 20.7. The van der Waals surface area contributed by atoms with Crippen molar-refractivity contribution < 1.29 is 4.79 Å². The Bertz CT molecular complexity index is 649. The number of hydrogen-bond acceptors (Lipinski definition) is 2. The van der Waals surface area contributed by atoms with Gasteiger partial charge in [-0.1, -0.05) is 34.8 Å². The summed E-state index contributed by atoms with van der Waals surface area (Å²) in [4.78, 5) is 15.9. The molecule has 3 nitrogen and oxygen atoms in total. The van der Waals surface area contributed by atoms with Gasteiger partial charge in [0.25, 0.3) is 5.91 Å². The zero-order valence-electron chi connectivity index (χ0n) is 9.25. The third-order valence-corrected chi connectivity index (χ3v) is 3.63. The minimum absolute atomic E-state index is 0.0510. The molecule has 0 aliphatic carbocycles. The standard InChI is InChI=1S/C12H6BrCl3N2O/c13-8-5-6(14)1-3-9(8)17-12(19)7-2-4-10(15)18-11(7)16/h1-5H,(H,17,19). The SMILES string of the molecule is O=C(Nc1ccc(Cl)cc1Br)c1ccc(Cl)nc1Cl. The van der Waals surface area contributed by atoms with E-state index in [2.05, 4.69) is 26.2 Å². The molecule has 19 heavy (non-hydrogen) atoms. The minimum atomic E-state index is -0.378. The van der Waals surface area contributed by atoms with Gasteiger partial charge in [-0.2, -0.15) is 0 Å². The van der Waals surface area contributed by atoms with Crippen LogP contribution in [0.1, 0.15) is 10.4 Å². The first-order valence-corrected chi connectivity index (χ1v) is 6.98. The molecule has 0 unspecified atom stereocenters. The lowest BCUT2D eigenvalue weighted by molar-refractivity contribution is 0.102. The molecule has 0 bridgehead atoms. The Balaban J connectivity index is 2.25. The van der Waals surface area contributed by atoms with Crippen LogP contribution in [0.2, 0.25) is 15.3 Å². The number of carbonyl (C=O) groups excluding carboxylic acids is 1. The number of aromatic nitrogens is 1. The Morgan fingerprint density at radius 1 is 1.16 bits per heavy atom. The van der Waals surface area contributed by atoms with Gasteiger partial charge >= 0.3 is 0 Å². The van der Waals surface area contributed by atoms with Gasteiger partial charge in [0.2, 0.25) is 0 Å². The highest BCUT2D eigenvalue weighted by molar-refractivity contribution is 9.10. The molecule has 0 spiro atoms. The van der Waals surface area contributed by atoms with Crippen molar-refractivity contribution in [3.63, 3.8) is 0 Å². The van der Waals surface area contributed by atoms with Gasteiger partial charge < -0.3 is 5.32 Å². The Kier molecular flexibility index (Phi) is 4.68. The maximum atomic E-state index is 12.1. The number of halogens is 4. The van der Waals surface area contributed by atoms with Crippen LogP contribution in [0.4, 0.5) is 5.69 Å². The van der Waals surface area contributed by atoms with E-state index in [1.54, 1.807) is 18.2 Å². The van der Waals surface area contributed by atoms with Gasteiger partial charge in [0.05, 0.1) is 11.3 Å². The molecule has 2 rings (SSSR count). The van der Waals surface area contributed by atoms with Crippen molar-refractivity contribution in [3.8, 4) is 0 Å². The van der Waals surface area contributed by atoms with Crippen LogP contribution < -0.4 is 5.32 Å². The number of nitrogens with zero attached hydrogens (tertiary/aromatic N) is 1. The van der Waals surface area contributed by atoms with Gasteiger partial charge in [-0.25, -0.2) is 4.98 Å². The molecule has 0 atom stereocenters. The van der Waals surface area contributed by atoms with Crippen LogP contribution >= 0.6 is 50.7 Å². The van der Waals surface area contributed by atoms with Crippen LogP contribution in [-0.4, -0.2) is 10.9 Å². The second-order valence-electron chi connectivity index (χ2n) is 3.55. The predicted octanol–water partition coefficient (Wildman–Crippen LogP) is 5.06. The predicted molar refractivity (Wildman–Crippen MR) is 81.4 cm³/mol. The highest BCUT2D eigenvalue weighted by atomic mass is 79.9. The first-order valence-electron chi connectivity index (χ1n) is 5.06. The second kappa shape index (κ2) is 6.09. The molecule has 0 radical (unpaired) electrons. The molecule has 0 saturated carbocycles. The van der Waals surface area contributed by atoms with Gasteiger partial charge in [0, 0.05) is 9.50 Å². The number of nitrogens with one attached hydrogen (secondary N) is 1. The number of anilines is 1. The molecule has 1 heterocycles. The van der Waals surface area contributed by atoms with Crippen molar-refractivity contribution in [2.24, 2.45) is 0 Å². The van der Waals surface area contributed by atoms with E-state index in [1.807, 2.05) is 0 Å². The van der Waals surface area contributed by atoms with Crippen LogP contribution in [0, 0.1) is 0 Å². The Hall–Kier alpha value is -0.810. The van der Waals surface area contributed by atoms with E-state index in [0.29, 0.717) is 15.2 Å². The summed E-state index contributed by atoms with van der Waals surface area (Å²) < 4.78 is 0.673. The summed E-state index contributed by atoms with van der Waals surface area (Å²) in [6.07, 6.45) is 0. The van der Waals surface area contributed by atoms with Crippen LogP contribution in [0.5, 0.6) is 0 Å². The first kappa shape index (κ1) is 14.6. The van der Waals surface area contributed by atoms with E-state index < -0.39 is 0 Å². The van der Waals surface area contributed by atoms with Crippen molar-refractivity contribution >= 4 is 62.3 Å². The molecule has 0 aliphatic rings. The zero-order valence-corrected chi connectivity index (χ0v) is 13.1. The molecular weight excluding hydrogens is 374 g/mol. The second-order valence-corrected chi connectivity index (χ2v) is 5.59. The lowest BCUT2D eigenvalue weighted by Gasteiger charge is -2.08. The highest BCUT2D eigenvalue weighted by Gasteiger charge is 2.13. The maximum absolute atomic E-state index is 12.1. The van der Waals surface area contributed by atoms with E-state index in [1.165, 1.54) is 12.1 Å². The maximum Gasteiger partial charge on any atom is 0.258 e. The monoisotopic (exact) mass is 378 g/mol. The zero-order chi connectivity index (χ0) is 14.0. The van der Waals surface area contributed by atoms with Gasteiger partial charge in [-0.05, 0) is 46.3 Å². The van der Waals surface area contributed by atoms with Crippen molar-refractivity contribution in [2.75, 3.05) is 5.32 Å². The number of pyridine rings is 1. The molecule has 98 valence electrons. The average Bonchev–Trinajstić information content (AvgIpc) is 2.32. The fourth-order valence-electron chi connectivity index (χ4n) is 1.36. The quantitative estimate of drug-likeness (QED) is 0.740. The smallest absolute Gasteiger partial charge is 0.258 e. The molecule has 1 amide bonds. The van der Waals surface area contributed by atoms with E-state index in [4.69, 9.17) is 34.8 Å². The number of rotatable bonds is 2. The highest BCUT2D eigenvalue weighted by Crippen LogP contribution is 2.27. The van der Waals surface area contributed by atoms with E-state index in [-0.39, 0.29) is 21.8 Å². The number of amides is 1. The lowest BCUT2D eigenvalue weighted by atomic mass is 10.2. The summed E-state index contributed by atoms with van der Waals surface area (Å²) in [5.74, 6) is -0.378. The Morgan fingerprint density at radius 3 is 2.53 bits per heavy atom. The summed E-state index contributed by atoms with van der Waals surface area (Å²) in [5, 5.41) is 3.55. The van der Waals surface area contributed by atoms with Crippen molar-refractivity contribution in [1.29, 1.82) is 0 Å². The normalized spacial score (nSPS) is 10.3. The molecule has 1 aromatic heterocycles. The molecule has 0 saturated heterocycles. The van der Waals surface area contributed by atoms with Crippen molar-refractivity contribution in [2.45, 2.75) is 0 Å². The van der Waals surface area contributed by atoms with Crippen LogP contribution in [0.15, 0.2) is 34.8 Å². The lowest BCUT2D eigenvalue weighted by Crippen LogP contribution is -2.13. The van der Waals surface area contributed by atoms with Gasteiger partial charge in [-0.15, -0.1) is 0 Å². The van der Waals surface area contributed by atoms with Crippen LogP contribution in [0.25, 0.3) is 0 Å². The van der Waals surface area contributed by atoms with Crippen molar-refractivity contribution in [3.05, 3.63) is 55.7 Å². The van der Waals surface area contributed by atoms with Gasteiger partial charge in [0.15, 0.2) is 0 Å². The molecule has 0 aliphatic heterocycles. The molecule has 7 heteroatoms. The molecule has 1 N–H and O–H groups in total. The third-order valence-electron chi connectivity index (χ3n) is 2.24. The minimum Gasteiger partial charge on any atom is -0.321 e. The van der Waals surface area contributed by atoms with Gasteiger partial charge in [-0.3, -0.25) is 4.79 Å². The largest absolute Gasteiger partial charge is 0.321 e. The summed E-state index contributed by atoms with van der Waals surface area (Å²) in [5.41, 5.74) is 0.827. The Morgan fingerprint density at radius 2 is 1.89 bits per heavy atom. The summed E-state index contributed by atoms with van der Waals surface area (Å²) in [6.45, 7) is 0. The number of carbonyl (C=O) groups is 1. The topological polar surface area (TPSA) is 42.0 Å². The Labute approximate surface area is 133 Å². The van der Waals surface area contributed by atoms with E-state index in [9.17, 15) is 4.79 Å². The molecular formula is C12H6BrCl3N2O. The van der Waals surface area contributed by atoms with E-state index in [0.717, 1.165) is 0 Å². The van der Waals surface area contributed by atoms with Gasteiger partial charge in [0.1, 0.15) is 10.3 Å². The molecule has 1 aromatic carbocycles. The third kappa shape index (κ3) is 3.60. The fourth-order valence-corrected chi connectivity index (χ4v) is 2.57. The summed E-state index contributed by atoms with van der Waals surface area (Å²) in [6, 6.07) is 8.04.